The molecule has 2 aliphatic carbocycles. The minimum atomic E-state index is -0.640. The van der Waals surface area contributed by atoms with Crippen LogP contribution in [0.4, 0.5) is 0 Å². The summed E-state index contributed by atoms with van der Waals surface area (Å²) >= 11 is 0. The lowest BCUT2D eigenvalue weighted by molar-refractivity contribution is -0.0599. The van der Waals surface area contributed by atoms with Crippen LogP contribution in [0, 0.1) is 16.7 Å². The molecule has 0 aromatic heterocycles. The maximum atomic E-state index is 10.4. The van der Waals surface area contributed by atoms with Crippen LogP contribution in [0.1, 0.15) is 59.8 Å². The number of fused-ring (bicyclic) bond motifs is 1. The van der Waals surface area contributed by atoms with Crippen molar-refractivity contribution in [3.63, 3.8) is 0 Å². The zero-order valence-corrected chi connectivity index (χ0v) is 11.3. The highest BCUT2D eigenvalue weighted by Gasteiger charge is 2.54. The fraction of sp³-hybridized carbons (Fsp3) is 0.867. The predicted octanol–water partition coefficient (Wildman–Crippen LogP) is 3.92. The summed E-state index contributed by atoms with van der Waals surface area (Å²) in [5.41, 5.74) is 1.01. The molecule has 1 nitrogen and oxygen atoms in total. The molecular formula is C15H26O. The van der Waals surface area contributed by atoms with Crippen LogP contribution in [-0.2, 0) is 0 Å². The first kappa shape index (κ1) is 12.2. The molecule has 3 atom stereocenters. The van der Waals surface area contributed by atoms with Crippen molar-refractivity contribution < 1.29 is 5.11 Å². The van der Waals surface area contributed by atoms with Crippen molar-refractivity contribution >= 4 is 0 Å². The normalized spacial score (nSPS) is 47.6. The van der Waals surface area contributed by atoms with Crippen molar-refractivity contribution in [2.45, 2.75) is 65.4 Å². The molecule has 0 spiro atoms. The van der Waals surface area contributed by atoms with Gasteiger partial charge in [0.2, 0.25) is 0 Å². The Bertz CT molecular complexity index is 313. The van der Waals surface area contributed by atoms with Gasteiger partial charge in [-0.05, 0) is 54.9 Å². The van der Waals surface area contributed by atoms with E-state index < -0.39 is 5.60 Å². The van der Waals surface area contributed by atoms with E-state index in [4.69, 9.17) is 0 Å². The molecule has 2 saturated carbocycles. The highest BCUT2D eigenvalue weighted by Crippen LogP contribution is 2.61. The first-order valence-corrected chi connectivity index (χ1v) is 6.62. The molecule has 2 aliphatic rings. The molecule has 0 aromatic carbocycles. The predicted molar refractivity (Wildman–Crippen MR) is 68.2 cm³/mol. The van der Waals surface area contributed by atoms with Crippen LogP contribution in [0.5, 0.6) is 0 Å². The van der Waals surface area contributed by atoms with Gasteiger partial charge >= 0.3 is 0 Å². The molecule has 0 bridgehead atoms. The van der Waals surface area contributed by atoms with E-state index in [1.165, 1.54) is 19.3 Å². The van der Waals surface area contributed by atoms with Gasteiger partial charge in [-0.1, -0.05) is 33.8 Å². The summed E-state index contributed by atoms with van der Waals surface area (Å²) in [5, 5.41) is 10.4. The van der Waals surface area contributed by atoms with Crippen LogP contribution < -0.4 is 0 Å². The lowest BCUT2D eigenvalue weighted by Gasteiger charge is -2.58. The van der Waals surface area contributed by atoms with Gasteiger partial charge in [-0.2, -0.15) is 0 Å². The van der Waals surface area contributed by atoms with Gasteiger partial charge in [-0.3, -0.25) is 0 Å². The van der Waals surface area contributed by atoms with Crippen LogP contribution >= 0.6 is 0 Å². The van der Waals surface area contributed by atoms with Crippen molar-refractivity contribution in [2.24, 2.45) is 16.7 Å². The Labute approximate surface area is 99.9 Å². The van der Waals surface area contributed by atoms with Gasteiger partial charge in [0.25, 0.3) is 0 Å². The molecule has 92 valence electrons. The molecule has 2 rings (SSSR count). The first-order chi connectivity index (χ1) is 7.20. The summed E-state index contributed by atoms with van der Waals surface area (Å²) in [6, 6.07) is 0. The average molecular weight is 222 g/mol. The van der Waals surface area contributed by atoms with Gasteiger partial charge in [0.1, 0.15) is 0 Å². The van der Waals surface area contributed by atoms with E-state index >= 15 is 0 Å². The molecule has 0 heterocycles. The minimum Gasteiger partial charge on any atom is -0.386 e. The van der Waals surface area contributed by atoms with Gasteiger partial charge < -0.3 is 5.11 Å². The van der Waals surface area contributed by atoms with E-state index in [2.05, 4.69) is 27.4 Å². The average Bonchev–Trinajstić information content (AvgIpc) is 2.12. The minimum absolute atomic E-state index is 0.156. The van der Waals surface area contributed by atoms with Crippen LogP contribution in [0.2, 0.25) is 0 Å². The smallest absolute Gasteiger partial charge is 0.0831 e. The van der Waals surface area contributed by atoms with Crippen molar-refractivity contribution in [2.75, 3.05) is 0 Å². The van der Waals surface area contributed by atoms with Crippen LogP contribution in [0.15, 0.2) is 12.2 Å². The Kier molecular flexibility index (Phi) is 2.55. The van der Waals surface area contributed by atoms with Crippen molar-refractivity contribution in [3.8, 4) is 0 Å². The molecule has 2 fully saturated rings. The Hall–Kier alpha value is -0.300. The summed E-state index contributed by atoms with van der Waals surface area (Å²) < 4.78 is 0. The number of hydrogen-bond acceptors (Lipinski definition) is 1. The van der Waals surface area contributed by atoms with Crippen LogP contribution in [0.3, 0.4) is 0 Å². The zero-order chi connectivity index (χ0) is 12.2. The SMILES string of the molecule is C=C1[C@](C)(O)CCC2C(C)(C)CCC[C@]12C. The second-order valence-corrected chi connectivity index (χ2v) is 7.10. The molecule has 1 heteroatoms. The summed E-state index contributed by atoms with van der Waals surface area (Å²) in [6.45, 7) is 13.3. The molecule has 16 heavy (non-hydrogen) atoms. The quantitative estimate of drug-likeness (QED) is 0.616. The highest BCUT2D eigenvalue weighted by atomic mass is 16.3. The highest BCUT2D eigenvalue weighted by molar-refractivity contribution is 5.26. The molecule has 0 aliphatic heterocycles. The summed E-state index contributed by atoms with van der Waals surface area (Å²) in [5.74, 6) is 0.696. The second kappa shape index (κ2) is 3.35. The fourth-order valence-corrected chi connectivity index (χ4v) is 4.38. The first-order valence-electron chi connectivity index (χ1n) is 6.62. The van der Waals surface area contributed by atoms with E-state index in [1.807, 2.05) is 6.92 Å². The number of hydrogen-bond donors (Lipinski definition) is 1. The lowest BCUT2D eigenvalue weighted by Crippen LogP contribution is -2.52. The molecule has 1 N–H and O–H groups in total. The van der Waals surface area contributed by atoms with Gasteiger partial charge in [0.05, 0.1) is 5.60 Å². The second-order valence-electron chi connectivity index (χ2n) is 7.10. The van der Waals surface area contributed by atoms with E-state index in [-0.39, 0.29) is 5.41 Å². The maximum Gasteiger partial charge on any atom is 0.0831 e. The third-order valence-electron chi connectivity index (χ3n) is 5.49. The lowest BCUT2D eigenvalue weighted by atomic mass is 9.48. The van der Waals surface area contributed by atoms with Crippen molar-refractivity contribution in [1.29, 1.82) is 0 Å². The van der Waals surface area contributed by atoms with E-state index in [9.17, 15) is 5.11 Å². The van der Waals surface area contributed by atoms with Gasteiger partial charge in [-0.25, -0.2) is 0 Å². The third kappa shape index (κ3) is 1.55. The molecule has 0 amide bonds. The summed E-state index contributed by atoms with van der Waals surface area (Å²) in [4.78, 5) is 0. The van der Waals surface area contributed by atoms with Gasteiger partial charge in [-0.15, -0.1) is 0 Å². The molecule has 0 aromatic rings. The summed E-state index contributed by atoms with van der Waals surface area (Å²) in [7, 11) is 0. The largest absolute Gasteiger partial charge is 0.386 e. The Morgan fingerprint density at radius 1 is 1.12 bits per heavy atom. The van der Waals surface area contributed by atoms with E-state index in [0.29, 0.717) is 11.3 Å². The maximum absolute atomic E-state index is 10.4. The molecule has 0 saturated heterocycles. The zero-order valence-electron chi connectivity index (χ0n) is 11.3. The van der Waals surface area contributed by atoms with Gasteiger partial charge in [0, 0.05) is 0 Å². The van der Waals surface area contributed by atoms with Crippen LogP contribution in [0.25, 0.3) is 0 Å². The van der Waals surface area contributed by atoms with Gasteiger partial charge in [0.15, 0.2) is 0 Å². The molecule has 1 unspecified atom stereocenters. The fourth-order valence-electron chi connectivity index (χ4n) is 4.38. The van der Waals surface area contributed by atoms with Crippen molar-refractivity contribution in [1.82, 2.24) is 0 Å². The topological polar surface area (TPSA) is 20.2 Å². The molecule has 0 radical (unpaired) electrons. The number of aliphatic hydroxyl groups is 1. The standard InChI is InChI=1S/C15H26O/c1-11-14(4)9-6-8-13(2,3)12(14)7-10-15(11,5)16/h12,16H,1,6-10H2,2-5H3/t12?,14-,15-/m1/s1. The van der Waals surface area contributed by atoms with Crippen molar-refractivity contribution in [3.05, 3.63) is 12.2 Å². The third-order valence-corrected chi connectivity index (χ3v) is 5.49. The van der Waals surface area contributed by atoms with E-state index in [0.717, 1.165) is 18.4 Å². The Balaban J connectivity index is 2.38. The van der Waals surface area contributed by atoms with E-state index in [1.54, 1.807) is 0 Å². The molecular weight excluding hydrogens is 196 g/mol. The van der Waals surface area contributed by atoms with Crippen LogP contribution in [-0.4, -0.2) is 10.7 Å². The monoisotopic (exact) mass is 222 g/mol. The number of rotatable bonds is 0. The summed E-state index contributed by atoms with van der Waals surface area (Å²) in [6.07, 6.45) is 5.83. The Morgan fingerprint density at radius 2 is 1.75 bits per heavy atom. The Morgan fingerprint density at radius 3 is 2.38 bits per heavy atom.